The molecule has 0 radical (unpaired) electrons. The maximum absolute atomic E-state index is 12.6. The molecule has 1 aliphatic carbocycles. The molecule has 0 N–H and O–H groups in total. The molecule has 2 aromatic rings. The van der Waals surface area contributed by atoms with Crippen LogP contribution in [0, 0.1) is 0 Å². The summed E-state index contributed by atoms with van der Waals surface area (Å²) in [6.45, 7) is 2.58. The molecule has 2 fully saturated rings. The first-order valence-electron chi connectivity index (χ1n) is 10.5. The zero-order chi connectivity index (χ0) is 18.9. The van der Waals surface area contributed by atoms with Gasteiger partial charge in [0.25, 0.3) is 5.56 Å². The van der Waals surface area contributed by atoms with Crippen LogP contribution in [0.5, 0.6) is 0 Å². The molecule has 7 heteroatoms. The normalized spacial score (nSPS) is 22.8. The van der Waals surface area contributed by atoms with Gasteiger partial charge < -0.3 is 0 Å². The summed E-state index contributed by atoms with van der Waals surface area (Å²) in [4.78, 5) is 24.3. The lowest BCUT2D eigenvalue weighted by Gasteiger charge is -2.26. The number of thioether (sulfide) groups is 1. The van der Waals surface area contributed by atoms with Crippen LogP contribution >= 0.6 is 11.8 Å². The molecule has 6 nitrogen and oxygen atoms in total. The lowest BCUT2D eigenvalue weighted by Crippen LogP contribution is -2.37. The minimum Gasteiger partial charge on any atom is -0.293 e. The van der Waals surface area contributed by atoms with Crippen molar-refractivity contribution in [1.29, 1.82) is 0 Å². The van der Waals surface area contributed by atoms with Crippen LogP contribution in [0.1, 0.15) is 60.8 Å². The van der Waals surface area contributed by atoms with E-state index in [2.05, 4.69) is 9.88 Å². The van der Waals surface area contributed by atoms with Gasteiger partial charge in [0, 0.05) is 42.9 Å². The van der Waals surface area contributed by atoms with Crippen LogP contribution in [0.3, 0.4) is 0 Å². The topological polar surface area (TPSA) is 63.9 Å². The fourth-order valence-corrected chi connectivity index (χ4v) is 5.42. The molecule has 0 amide bonds. The largest absolute Gasteiger partial charge is 0.293 e. The first-order valence-corrected chi connectivity index (χ1v) is 11.7. The van der Waals surface area contributed by atoms with Gasteiger partial charge in [-0.15, -0.1) is 0 Å². The van der Waals surface area contributed by atoms with E-state index in [1.807, 2.05) is 30.1 Å². The molecule has 1 unspecified atom stereocenters. The van der Waals surface area contributed by atoms with E-state index in [9.17, 15) is 4.79 Å². The van der Waals surface area contributed by atoms with Crippen molar-refractivity contribution in [3.05, 3.63) is 51.5 Å². The molecule has 1 saturated carbocycles. The lowest BCUT2D eigenvalue weighted by atomic mass is 9.85. The van der Waals surface area contributed by atoms with Crippen molar-refractivity contribution in [3.63, 3.8) is 0 Å². The van der Waals surface area contributed by atoms with Crippen LogP contribution in [-0.2, 0) is 25.3 Å². The van der Waals surface area contributed by atoms with E-state index in [1.165, 1.54) is 25.7 Å². The highest BCUT2D eigenvalue weighted by Crippen LogP contribution is 2.34. The van der Waals surface area contributed by atoms with Crippen LogP contribution in [0.15, 0.2) is 23.1 Å². The van der Waals surface area contributed by atoms with Gasteiger partial charge >= 0.3 is 0 Å². The number of rotatable bonds is 5. The second kappa shape index (κ2) is 7.95. The Bertz CT molecular complexity index is 910. The maximum atomic E-state index is 12.6. The number of aromatic nitrogens is 4. The molecular weight excluding hydrogens is 370 g/mol. The summed E-state index contributed by atoms with van der Waals surface area (Å²) in [6.07, 6.45) is 8.91. The fraction of sp³-hybridized carbons (Fsp3) is 0.619. The molecular formula is C21H27N5OS. The summed E-state index contributed by atoms with van der Waals surface area (Å²) in [5.41, 5.74) is 3.39. The Morgan fingerprint density at radius 1 is 1.21 bits per heavy atom. The van der Waals surface area contributed by atoms with Crippen LogP contribution in [-0.4, -0.2) is 43.0 Å². The minimum atomic E-state index is 0.0439. The molecule has 1 saturated heterocycles. The van der Waals surface area contributed by atoms with Crippen molar-refractivity contribution in [1.82, 2.24) is 24.6 Å². The second-order valence-electron chi connectivity index (χ2n) is 8.24. The summed E-state index contributed by atoms with van der Waals surface area (Å²) >= 11 is 1.89. The van der Waals surface area contributed by atoms with E-state index in [0.29, 0.717) is 18.5 Å². The Morgan fingerprint density at radius 3 is 3.00 bits per heavy atom. The Balaban J connectivity index is 1.30. The Kier molecular flexibility index (Phi) is 5.20. The molecule has 5 rings (SSSR count). The molecule has 1 atom stereocenters. The third-order valence-corrected chi connectivity index (χ3v) is 7.36. The molecule has 0 aromatic carbocycles. The third kappa shape index (κ3) is 3.74. The summed E-state index contributed by atoms with van der Waals surface area (Å²) in [5.74, 6) is 3.60. The number of fused-ring (bicyclic) bond motifs is 1. The van der Waals surface area contributed by atoms with Crippen LogP contribution in [0.4, 0.5) is 0 Å². The van der Waals surface area contributed by atoms with Crippen LogP contribution in [0.25, 0.3) is 0 Å². The number of hydrogen-bond acceptors (Lipinski definition) is 6. The van der Waals surface area contributed by atoms with Gasteiger partial charge in [0.15, 0.2) is 0 Å². The van der Waals surface area contributed by atoms with Gasteiger partial charge in [0.1, 0.15) is 5.82 Å². The van der Waals surface area contributed by atoms with E-state index in [0.717, 1.165) is 60.2 Å². The minimum absolute atomic E-state index is 0.0439. The SMILES string of the molecule is O=c1cc2c(nn1CC1CCCN1Cc1ccnc(C3CCC3)n1)CCSC2. The van der Waals surface area contributed by atoms with Gasteiger partial charge in [-0.05, 0) is 49.6 Å². The van der Waals surface area contributed by atoms with Crippen molar-refractivity contribution in [2.45, 2.75) is 69.3 Å². The molecule has 0 bridgehead atoms. The molecule has 3 aliphatic rings. The molecule has 4 heterocycles. The van der Waals surface area contributed by atoms with E-state index >= 15 is 0 Å². The average Bonchev–Trinajstić information content (AvgIpc) is 3.08. The van der Waals surface area contributed by atoms with Gasteiger partial charge in [-0.3, -0.25) is 9.69 Å². The van der Waals surface area contributed by atoms with Gasteiger partial charge in [0.2, 0.25) is 0 Å². The molecule has 0 spiro atoms. The zero-order valence-corrected chi connectivity index (χ0v) is 17.0. The molecule has 28 heavy (non-hydrogen) atoms. The Labute approximate surface area is 169 Å². The number of aryl methyl sites for hydroxylation is 1. The highest BCUT2D eigenvalue weighted by atomic mass is 32.2. The second-order valence-corrected chi connectivity index (χ2v) is 9.34. The van der Waals surface area contributed by atoms with E-state index in [1.54, 1.807) is 4.68 Å². The Hall–Kier alpha value is -1.73. The van der Waals surface area contributed by atoms with Crippen LogP contribution < -0.4 is 5.56 Å². The first-order chi connectivity index (χ1) is 13.8. The van der Waals surface area contributed by atoms with Crippen molar-refractivity contribution in [3.8, 4) is 0 Å². The van der Waals surface area contributed by atoms with Crippen molar-refractivity contribution in [2.75, 3.05) is 12.3 Å². The highest BCUT2D eigenvalue weighted by Gasteiger charge is 2.27. The van der Waals surface area contributed by atoms with Crippen molar-refractivity contribution >= 4 is 11.8 Å². The molecule has 2 aliphatic heterocycles. The van der Waals surface area contributed by atoms with Gasteiger partial charge in [-0.1, -0.05) is 6.42 Å². The van der Waals surface area contributed by atoms with Gasteiger partial charge in [-0.25, -0.2) is 14.6 Å². The van der Waals surface area contributed by atoms with Crippen molar-refractivity contribution in [2.24, 2.45) is 0 Å². The molecule has 2 aromatic heterocycles. The maximum Gasteiger partial charge on any atom is 0.267 e. The number of likely N-dealkylation sites (tertiary alicyclic amines) is 1. The van der Waals surface area contributed by atoms with Crippen molar-refractivity contribution < 1.29 is 0 Å². The van der Waals surface area contributed by atoms with Gasteiger partial charge in [-0.2, -0.15) is 16.9 Å². The third-order valence-electron chi connectivity index (χ3n) is 6.36. The smallest absolute Gasteiger partial charge is 0.267 e. The predicted molar refractivity (Wildman–Crippen MR) is 110 cm³/mol. The van der Waals surface area contributed by atoms with E-state index in [-0.39, 0.29) is 5.56 Å². The fourth-order valence-electron chi connectivity index (χ4n) is 4.47. The van der Waals surface area contributed by atoms with E-state index in [4.69, 9.17) is 10.1 Å². The standard InChI is InChI=1S/C21H27N5OS/c27-20-11-16-14-28-10-7-19(16)24-26(20)13-18-5-2-9-25(18)12-17-6-8-22-21(23-17)15-3-1-4-15/h6,8,11,15,18H,1-5,7,9-10,12-14H2. The number of nitrogens with zero attached hydrogens (tertiary/aromatic N) is 5. The first kappa shape index (κ1) is 18.3. The summed E-state index contributed by atoms with van der Waals surface area (Å²) in [7, 11) is 0. The Morgan fingerprint density at radius 2 is 2.14 bits per heavy atom. The quantitative estimate of drug-likeness (QED) is 0.773. The highest BCUT2D eigenvalue weighted by molar-refractivity contribution is 7.98. The monoisotopic (exact) mass is 397 g/mol. The van der Waals surface area contributed by atoms with E-state index < -0.39 is 0 Å². The zero-order valence-electron chi connectivity index (χ0n) is 16.2. The average molecular weight is 398 g/mol. The lowest BCUT2D eigenvalue weighted by molar-refractivity contribution is 0.213. The number of hydrogen-bond donors (Lipinski definition) is 0. The van der Waals surface area contributed by atoms with Gasteiger partial charge in [0.05, 0.1) is 17.9 Å². The molecule has 148 valence electrons. The summed E-state index contributed by atoms with van der Waals surface area (Å²) < 4.78 is 1.71. The predicted octanol–water partition coefficient (Wildman–Crippen LogP) is 2.75. The van der Waals surface area contributed by atoms with Crippen LogP contribution in [0.2, 0.25) is 0 Å². The summed E-state index contributed by atoms with van der Waals surface area (Å²) in [6, 6.07) is 4.20. The summed E-state index contributed by atoms with van der Waals surface area (Å²) in [5, 5.41) is 4.71.